The maximum absolute atomic E-state index is 10.8. The van der Waals surface area contributed by atoms with Crippen molar-refractivity contribution in [2.45, 2.75) is 26.3 Å². The summed E-state index contributed by atoms with van der Waals surface area (Å²) in [5.41, 5.74) is 10.2. The standard InChI is InChI=1S/C11H13N3O4.C2H6.CH5N/c12-11(16)6-13-9(7-15)5-8-1-3-10(4-2-8)14(17)18;2*1-2/h1-4,7,9,13H,5-6H2,(H2,12,16);1-2H3;2H2,1H3. The van der Waals surface area contributed by atoms with Crippen LogP contribution in [0.2, 0.25) is 0 Å². The number of nitrogens with one attached hydrogen (secondary N) is 1. The van der Waals surface area contributed by atoms with Gasteiger partial charge in [-0.25, -0.2) is 0 Å². The molecule has 8 heteroatoms. The zero-order valence-corrected chi connectivity index (χ0v) is 13.1. The molecular formula is C14H24N4O4. The minimum Gasteiger partial charge on any atom is -0.369 e. The summed E-state index contributed by atoms with van der Waals surface area (Å²) < 4.78 is 0. The molecule has 0 fully saturated rings. The number of nitrogens with two attached hydrogens (primary N) is 2. The van der Waals surface area contributed by atoms with Gasteiger partial charge >= 0.3 is 0 Å². The number of nitro groups is 1. The van der Waals surface area contributed by atoms with Gasteiger partial charge in [0.15, 0.2) is 0 Å². The molecule has 0 saturated heterocycles. The van der Waals surface area contributed by atoms with Crippen LogP contribution in [0.3, 0.4) is 0 Å². The number of aldehydes is 1. The van der Waals surface area contributed by atoms with Gasteiger partial charge in [0.1, 0.15) is 6.29 Å². The summed E-state index contributed by atoms with van der Waals surface area (Å²) in [6.45, 7) is 3.91. The Labute approximate surface area is 130 Å². The molecule has 22 heavy (non-hydrogen) atoms. The van der Waals surface area contributed by atoms with Gasteiger partial charge in [-0.2, -0.15) is 0 Å². The third kappa shape index (κ3) is 9.56. The smallest absolute Gasteiger partial charge is 0.269 e. The number of rotatable bonds is 7. The Bertz CT molecular complexity index is 449. The molecule has 8 nitrogen and oxygen atoms in total. The summed E-state index contributed by atoms with van der Waals surface area (Å²) in [5, 5.41) is 13.1. The SMILES string of the molecule is CC.CN.NC(=O)CNC(C=O)Cc1ccc([N+](=O)[O-])cc1. The summed E-state index contributed by atoms with van der Waals surface area (Å²) in [6.07, 6.45) is 1.01. The van der Waals surface area contributed by atoms with Crippen molar-refractivity contribution in [2.75, 3.05) is 13.6 Å². The Morgan fingerprint density at radius 2 is 1.82 bits per heavy atom. The Morgan fingerprint density at radius 1 is 1.32 bits per heavy atom. The van der Waals surface area contributed by atoms with Gasteiger partial charge in [0, 0.05) is 12.1 Å². The van der Waals surface area contributed by atoms with Crippen molar-refractivity contribution in [3.63, 3.8) is 0 Å². The van der Waals surface area contributed by atoms with Gasteiger partial charge in [-0.1, -0.05) is 26.0 Å². The monoisotopic (exact) mass is 312 g/mol. The van der Waals surface area contributed by atoms with Crippen LogP contribution in [0.15, 0.2) is 24.3 Å². The van der Waals surface area contributed by atoms with Gasteiger partial charge in [-0.15, -0.1) is 0 Å². The summed E-state index contributed by atoms with van der Waals surface area (Å²) in [6, 6.07) is 5.33. The topological polar surface area (TPSA) is 141 Å². The lowest BCUT2D eigenvalue weighted by Gasteiger charge is -2.10. The van der Waals surface area contributed by atoms with Gasteiger partial charge in [0.2, 0.25) is 5.91 Å². The van der Waals surface area contributed by atoms with Crippen LogP contribution in [0.4, 0.5) is 5.69 Å². The van der Waals surface area contributed by atoms with Crippen molar-refractivity contribution in [3.8, 4) is 0 Å². The lowest BCUT2D eigenvalue weighted by atomic mass is 10.1. The van der Waals surface area contributed by atoms with E-state index in [4.69, 9.17) is 5.73 Å². The number of nitrogens with zero attached hydrogens (tertiary/aromatic N) is 1. The first-order valence-electron chi connectivity index (χ1n) is 6.81. The van der Waals surface area contributed by atoms with Crippen molar-refractivity contribution < 1.29 is 14.5 Å². The molecule has 1 aromatic carbocycles. The number of benzene rings is 1. The van der Waals surface area contributed by atoms with E-state index in [1.165, 1.54) is 19.2 Å². The average molecular weight is 312 g/mol. The van der Waals surface area contributed by atoms with E-state index in [1.54, 1.807) is 12.1 Å². The molecule has 1 unspecified atom stereocenters. The Morgan fingerprint density at radius 3 is 2.18 bits per heavy atom. The molecular weight excluding hydrogens is 288 g/mol. The zero-order valence-electron chi connectivity index (χ0n) is 13.1. The molecule has 0 aliphatic heterocycles. The molecule has 0 radical (unpaired) electrons. The van der Waals surface area contributed by atoms with Crippen molar-refractivity contribution in [1.82, 2.24) is 5.32 Å². The Balaban J connectivity index is 0. The molecule has 0 saturated carbocycles. The molecule has 1 atom stereocenters. The van der Waals surface area contributed by atoms with Crippen molar-refractivity contribution in [1.29, 1.82) is 0 Å². The van der Waals surface area contributed by atoms with Crippen LogP contribution in [0.1, 0.15) is 19.4 Å². The molecule has 0 aliphatic rings. The van der Waals surface area contributed by atoms with Gasteiger partial charge in [-0.05, 0) is 19.0 Å². The number of carbonyl (C=O) groups is 2. The Kier molecular flexibility index (Phi) is 13.6. The number of primary amides is 1. The van der Waals surface area contributed by atoms with Crippen molar-refractivity contribution in [2.24, 2.45) is 11.5 Å². The van der Waals surface area contributed by atoms with E-state index in [-0.39, 0.29) is 12.2 Å². The van der Waals surface area contributed by atoms with Crippen LogP contribution in [0.25, 0.3) is 0 Å². The van der Waals surface area contributed by atoms with Crippen LogP contribution in [-0.4, -0.2) is 36.8 Å². The summed E-state index contributed by atoms with van der Waals surface area (Å²) >= 11 is 0. The van der Waals surface area contributed by atoms with E-state index in [0.29, 0.717) is 12.7 Å². The summed E-state index contributed by atoms with van der Waals surface area (Å²) in [5.74, 6) is -0.550. The highest BCUT2D eigenvalue weighted by Crippen LogP contribution is 2.12. The second-order valence-electron chi connectivity index (χ2n) is 3.72. The predicted molar refractivity (Wildman–Crippen MR) is 85.3 cm³/mol. The van der Waals surface area contributed by atoms with Gasteiger partial charge < -0.3 is 16.3 Å². The molecule has 0 heterocycles. The fourth-order valence-electron chi connectivity index (χ4n) is 1.41. The largest absolute Gasteiger partial charge is 0.369 e. The zero-order chi connectivity index (χ0) is 17.5. The number of hydrogen-bond donors (Lipinski definition) is 3. The van der Waals surface area contributed by atoms with Crippen LogP contribution in [0, 0.1) is 10.1 Å². The number of hydrogen-bond acceptors (Lipinski definition) is 6. The highest BCUT2D eigenvalue weighted by atomic mass is 16.6. The molecule has 1 amide bonds. The maximum atomic E-state index is 10.8. The Hall–Kier alpha value is -2.32. The van der Waals surface area contributed by atoms with Crippen LogP contribution in [-0.2, 0) is 16.0 Å². The molecule has 124 valence electrons. The predicted octanol–water partition coefficient (Wildman–Crippen LogP) is 0.381. The highest BCUT2D eigenvalue weighted by molar-refractivity contribution is 5.76. The normalized spacial score (nSPS) is 10.2. The first-order chi connectivity index (χ1) is 10.5. The number of amides is 1. The quantitative estimate of drug-likeness (QED) is 0.377. The number of nitro benzene ring substituents is 1. The first kappa shape index (κ1) is 22.0. The molecule has 0 bridgehead atoms. The lowest BCUT2D eigenvalue weighted by Crippen LogP contribution is -2.38. The molecule has 1 aromatic rings. The van der Waals surface area contributed by atoms with Crippen molar-refractivity contribution in [3.05, 3.63) is 39.9 Å². The van der Waals surface area contributed by atoms with Crippen LogP contribution >= 0.6 is 0 Å². The summed E-state index contributed by atoms with van der Waals surface area (Å²) in [7, 11) is 1.50. The maximum Gasteiger partial charge on any atom is 0.269 e. The molecule has 5 N–H and O–H groups in total. The van der Waals surface area contributed by atoms with Gasteiger partial charge in [0.25, 0.3) is 5.69 Å². The minimum atomic E-state index is -0.550. The molecule has 0 spiro atoms. The van der Waals surface area contributed by atoms with E-state index in [9.17, 15) is 19.7 Å². The molecule has 0 aromatic heterocycles. The summed E-state index contributed by atoms with van der Waals surface area (Å²) in [4.78, 5) is 31.3. The van der Waals surface area contributed by atoms with E-state index in [0.717, 1.165) is 5.56 Å². The van der Waals surface area contributed by atoms with E-state index in [2.05, 4.69) is 11.1 Å². The average Bonchev–Trinajstić information content (AvgIpc) is 2.55. The minimum absolute atomic E-state index is 0.00787. The van der Waals surface area contributed by atoms with Crippen LogP contribution in [0.5, 0.6) is 0 Å². The van der Waals surface area contributed by atoms with E-state index < -0.39 is 16.9 Å². The fraction of sp³-hybridized carbons (Fsp3) is 0.429. The molecule has 0 aliphatic carbocycles. The fourth-order valence-corrected chi connectivity index (χ4v) is 1.41. The van der Waals surface area contributed by atoms with Crippen LogP contribution < -0.4 is 16.8 Å². The number of non-ortho nitro benzene ring substituents is 1. The van der Waals surface area contributed by atoms with Gasteiger partial charge in [-0.3, -0.25) is 20.2 Å². The second-order valence-corrected chi connectivity index (χ2v) is 3.72. The van der Waals surface area contributed by atoms with E-state index in [1.807, 2.05) is 13.8 Å². The van der Waals surface area contributed by atoms with E-state index >= 15 is 0 Å². The van der Waals surface area contributed by atoms with Crippen molar-refractivity contribution >= 4 is 17.9 Å². The highest BCUT2D eigenvalue weighted by Gasteiger charge is 2.10. The third-order valence-corrected chi connectivity index (χ3v) is 2.31. The first-order valence-corrected chi connectivity index (χ1v) is 6.81. The molecule has 1 rings (SSSR count). The second kappa shape index (κ2) is 13.7. The lowest BCUT2D eigenvalue weighted by molar-refractivity contribution is -0.384. The third-order valence-electron chi connectivity index (χ3n) is 2.31. The number of carbonyl (C=O) groups excluding carboxylic acids is 2. The van der Waals surface area contributed by atoms with Gasteiger partial charge in [0.05, 0.1) is 17.5 Å².